The topological polar surface area (TPSA) is 51.5 Å². The highest BCUT2D eigenvalue weighted by Crippen LogP contribution is 2.40. The fraction of sp³-hybridized carbons (Fsp3) is 0.289. The summed E-state index contributed by atoms with van der Waals surface area (Å²) in [5.74, 6) is 0. The van der Waals surface area contributed by atoms with Gasteiger partial charge in [-0.05, 0) is 64.7 Å². The summed E-state index contributed by atoms with van der Waals surface area (Å²) in [4.78, 5) is 1.24. The highest BCUT2D eigenvalue weighted by molar-refractivity contribution is 7.19. The van der Waals surface area contributed by atoms with Crippen LogP contribution in [-0.4, -0.2) is 18.3 Å². The molecular formula is C38H37NO3S. The van der Waals surface area contributed by atoms with Gasteiger partial charge >= 0.3 is 0 Å². The Bertz CT molecular complexity index is 1660. The molecule has 1 saturated heterocycles. The fourth-order valence-electron chi connectivity index (χ4n) is 5.98. The maximum absolute atomic E-state index is 10.1. The molecule has 0 N–H and O–H groups in total. The monoisotopic (exact) mass is 587 g/mol. The first-order valence-electron chi connectivity index (χ1n) is 15.1. The highest BCUT2D eigenvalue weighted by Gasteiger charge is 2.41. The van der Waals surface area contributed by atoms with Crippen LogP contribution in [0.25, 0.3) is 10.1 Å². The van der Waals surface area contributed by atoms with E-state index in [0.717, 1.165) is 40.7 Å². The minimum absolute atomic E-state index is 0.0448. The predicted molar refractivity (Wildman–Crippen MR) is 173 cm³/mol. The average Bonchev–Trinajstić information content (AvgIpc) is 3.46. The van der Waals surface area contributed by atoms with E-state index in [1.807, 2.05) is 42.5 Å². The van der Waals surface area contributed by atoms with E-state index in [4.69, 9.17) is 14.2 Å². The van der Waals surface area contributed by atoms with Crippen LogP contribution in [0.5, 0.6) is 0 Å². The lowest BCUT2D eigenvalue weighted by Crippen LogP contribution is -2.46. The van der Waals surface area contributed by atoms with Crippen LogP contribution in [0.4, 0.5) is 0 Å². The quantitative estimate of drug-likeness (QED) is 0.164. The van der Waals surface area contributed by atoms with Crippen LogP contribution in [-0.2, 0) is 33.8 Å². The van der Waals surface area contributed by atoms with Crippen molar-refractivity contribution in [3.63, 3.8) is 0 Å². The molecule has 4 nitrogen and oxygen atoms in total. The van der Waals surface area contributed by atoms with Crippen molar-refractivity contribution in [3.05, 3.63) is 141 Å². The number of hydrogen-bond acceptors (Lipinski definition) is 5. The van der Waals surface area contributed by atoms with Crippen molar-refractivity contribution in [2.45, 2.75) is 70.7 Å². The van der Waals surface area contributed by atoms with Crippen LogP contribution in [0, 0.1) is 18.3 Å². The van der Waals surface area contributed by atoms with E-state index in [-0.39, 0.29) is 24.4 Å². The molecule has 1 aromatic heterocycles. The number of ether oxygens (including phenoxy) is 3. The van der Waals surface area contributed by atoms with Crippen LogP contribution in [0.15, 0.2) is 103 Å². The van der Waals surface area contributed by atoms with Gasteiger partial charge in [0.15, 0.2) is 0 Å². The number of thiophene rings is 1. The Labute approximate surface area is 258 Å². The Morgan fingerprint density at radius 3 is 2.21 bits per heavy atom. The summed E-state index contributed by atoms with van der Waals surface area (Å²) in [6.45, 7) is 5.23. The first-order valence-corrected chi connectivity index (χ1v) is 15.9. The molecule has 1 fully saturated rings. The number of aryl methyl sites for hydroxylation is 1. The van der Waals surface area contributed by atoms with Gasteiger partial charge in [-0.1, -0.05) is 91.9 Å². The van der Waals surface area contributed by atoms with E-state index in [9.17, 15) is 5.26 Å². The van der Waals surface area contributed by atoms with Crippen molar-refractivity contribution in [2.75, 3.05) is 0 Å². The van der Waals surface area contributed by atoms with Gasteiger partial charge in [-0.3, -0.25) is 0 Å². The molecule has 0 unspecified atom stereocenters. The van der Waals surface area contributed by atoms with E-state index < -0.39 is 0 Å². The Balaban J connectivity index is 1.35. The lowest BCUT2D eigenvalue weighted by atomic mass is 9.87. The number of rotatable bonds is 10. The van der Waals surface area contributed by atoms with Gasteiger partial charge in [0.2, 0.25) is 0 Å². The molecule has 0 radical (unpaired) electrons. The molecule has 1 aliphatic heterocycles. The molecule has 1 aliphatic rings. The summed E-state index contributed by atoms with van der Waals surface area (Å²) in [6.07, 6.45) is 1.62. The Kier molecular flexibility index (Phi) is 9.31. The zero-order valence-corrected chi connectivity index (χ0v) is 25.6. The van der Waals surface area contributed by atoms with Crippen molar-refractivity contribution in [2.24, 2.45) is 0 Å². The van der Waals surface area contributed by atoms with Gasteiger partial charge < -0.3 is 14.2 Å². The van der Waals surface area contributed by atoms with Crippen molar-refractivity contribution in [3.8, 4) is 6.07 Å². The average molecular weight is 588 g/mol. The zero-order chi connectivity index (χ0) is 29.6. The van der Waals surface area contributed by atoms with Gasteiger partial charge in [0.25, 0.3) is 0 Å². The Morgan fingerprint density at radius 1 is 0.860 bits per heavy atom. The van der Waals surface area contributed by atoms with Crippen LogP contribution >= 0.6 is 11.3 Å². The summed E-state index contributed by atoms with van der Waals surface area (Å²) >= 11 is 1.79. The molecule has 5 heteroatoms. The second-order valence-corrected chi connectivity index (χ2v) is 12.5. The molecule has 5 aromatic rings. The van der Waals surface area contributed by atoms with Crippen LogP contribution in [0.3, 0.4) is 0 Å². The maximum atomic E-state index is 10.1. The van der Waals surface area contributed by atoms with Crippen LogP contribution in [0.1, 0.15) is 64.1 Å². The Morgan fingerprint density at radius 2 is 1.53 bits per heavy atom. The number of benzene rings is 4. The van der Waals surface area contributed by atoms with E-state index in [1.54, 1.807) is 11.3 Å². The maximum Gasteiger partial charge on any atom is 0.114 e. The number of nitriles is 1. The third-order valence-corrected chi connectivity index (χ3v) is 9.42. The number of hydrogen-bond donors (Lipinski definition) is 0. The van der Waals surface area contributed by atoms with Gasteiger partial charge in [-0.25, -0.2) is 0 Å². The summed E-state index contributed by atoms with van der Waals surface area (Å²) in [6, 6.07) is 37.9. The predicted octanol–water partition coefficient (Wildman–Crippen LogP) is 9.08. The molecule has 43 heavy (non-hydrogen) atoms. The standard InChI is InChI=1S/C38H37NO3S/c1-3-32-22-35(40-24-27-12-6-4-7-13-27)38(41-25-28-14-8-5-9-15-28)37(42-32)34-21-30(31(23-39)18-26(34)2)20-33-19-29-16-10-11-17-36(29)43-33/h4-19,21,32,35,37-38H,3,20,22,24-25H2,1-2H3/t32-,35+,37+,38-/m1/s1. The van der Waals surface area contributed by atoms with E-state index >= 15 is 0 Å². The van der Waals surface area contributed by atoms with Gasteiger partial charge in [0, 0.05) is 22.4 Å². The molecule has 0 spiro atoms. The summed E-state index contributed by atoms with van der Waals surface area (Å²) in [7, 11) is 0. The van der Waals surface area contributed by atoms with Crippen molar-refractivity contribution >= 4 is 21.4 Å². The molecule has 0 saturated carbocycles. The molecule has 218 valence electrons. The number of nitrogens with zero attached hydrogens (tertiary/aromatic N) is 1. The van der Waals surface area contributed by atoms with Crippen molar-refractivity contribution in [1.29, 1.82) is 5.26 Å². The lowest BCUT2D eigenvalue weighted by Gasteiger charge is -2.42. The smallest absolute Gasteiger partial charge is 0.114 e. The molecule has 4 aromatic carbocycles. The fourth-order valence-corrected chi connectivity index (χ4v) is 7.07. The third-order valence-electron chi connectivity index (χ3n) is 8.31. The third kappa shape index (κ3) is 6.90. The molecule has 2 heterocycles. The first kappa shape index (κ1) is 29.3. The van der Waals surface area contributed by atoms with Gasteiger partial charge in [0.1, 0.15) is 12.2 Å². The molecule has 0 aliphatic carbocycles. The van der Waals surface area contributed by atoms with Crippen LogP contribution in [0.2, 0.25) is 0 Å². The summed E-state index contributed by atoms with van der Waals surface area (Å²) < 4.78 is 21.5. The summed E-state index contributed by atoms with van der Waals surface area (Å²) in [5.41, 5.74) is 6.08. The van der Waals surface area contributed by atoms with E-state index in [1.165, 1.54) is 15.0 Å². The second-order valence-electron chi connectivity index (χ2n) is 11.3. The van der Waals surface area contributed by atoms with Gasteiger partial charge in [-0.2, -0.15) is 5.26 Å². The normalized spacial score (nSPS) is 20.2. The van der Waals surface area contributed by atoms with Gasteiger partial charge in [0.05, 0.1) is 37.1 Å². The van der Waals surface area contributed by atoms with Gasteiger partial charge in [-0.15, -0.1) is 11.3 Å². The molecule has 6 rings (SSSR count). The molecule has 0 bridgehead atoms. The van der Waals surface area contributed by atoms with Crippen LogP contribution < -0.4 is 0 Å². The van der Waals surface area contributed by atoms with Crippen molar-refractivity contribution < 1.29 is 14.2 Å². The Hall–Kier alpha value is -3.79. The van der Waals surface area contributed by atoms with E-state index in [0.29, 0.717) is 25.2 Å². The zero-order valence-electron chi connectivity index (χ0n) is 24.7. The second kappa shape index (κ2) is 13.7. The summed E-state index contributed by atoms with van der Waals surface area (Å²) in [5, 5.41) is 11.3. The molecule has 4 atom stereocenters. The largest absolute Gasteiger partial charge is 0.371 e. The number of fused-ring (bicyclic) bond motifs is 1. The molecular weight excluding hydrogens is 550 g/mol. The lowest BCUT2D eigenvalue weighted by molar-refractivity contribution is -0.211. The van der Waals surface area contributed by atoms with Crippen molar-refractivity contribution in [1.82, 2.24) is 0 Å². The minimum Gasteiger partial charge on any atom is -0.371 e. The SMILES string of the molecule is CC[C@@H]1C[C@H](OCc2ccccc2)[C@@H](OCc2ccccc2)[C@H](c2cc(Cc3cc4ccccc4s3)c(C#N)cc2C)O1. The molecule has 0 amide bonds. The highest BCUT2D eigenvalue weighted by atomic mass is 32.1. The minimum atomic E-state index is -0.322. The van der Waals surface area contributed by atoms with E-state index in [2.05, 4.69) is 80.6 Å². The first-order chi connectivity index (χ1) is 21.1.